The summed E-state index contributed by atoms with van der Waals surface area (Å²) in [4.78, 5) is 9.37. The zero-order chi connectivity index (χ0) is 23.2. The van der Waals surface area contributed by atoms with Crippen molar-refractivity contribution in [2.45, 2.75) is 24.7 Å². The van der Waals surface area contributed by atoms with E-state index in [2.05, 4.69) is 94.5 Å². The Morgan fingerprint density at radius 2 is 1.43 bits per heavy atom. The summed E-state index contributed by atoms with van der Waals surface area (Å²) in [5, 5.41) is 2.53. The fourth-order valence-corrected chi connectivity index (χ4v) is 5.75. The minimum absolute atomic E-state index is 0.00908. The van der Waals surface area contributed by atoms with Crippen LogP contribution in [0.4, 0.5) is 0 Å². The number of rotatable bonds is 4. The molecule has 3 nitrogen and oxygen atoms in total. The van der Waals surface area contributed by atoms with Crippen LogP contribution in [0.2, 0.25) is 0 Å². The summed E-state index contributed by atoms with van der Waals surface area (Å²) in [5.41, 5.74) is 8.27. The maximum atomic E-state index is 4.77. The molecule has 1 fully saturated rings. The molecule has 35 heavy (non-hydrogen) atoms. The topological polar surface area (TPSA) is 30.7 Å². The summed E-state index contributed by atoms with van der Waals surface area (Å²) in [6.45, 7) is 0. The molecule has 0 N–H and O–H groups in total. The van der Waals surface area contributed by atoms with Crippen molar-refractivity contribution in [3.63, 3.8) is 0 Å². The average molecular weight is 452 g/mol. The maximum absolute atomic E-state index is 4.77. The third-order valence-electron chi connectivity index (χ3n) is 7.65. The number of hydrogen-bond acceptors (Lipinski definition) is 2. The Morgan fingerprint density at radius 3 is 2.20 bits per heavy atom. The van der Waals surface area contributed by atoms with E-state index < -0.39 is 0 Å². The Kier molecular flexibility index (Phi) is 4.56. The predicted octanol–water partition coefficient (Wildman–Crippen LogP) is 7.71. The molecule has 3 aromatic carbocycles. The molecule has 7 rings (SSSR count). The first-order valence-corrected chi connectivity index (χ1v) is 12.3. The van der Waals surface area contributed by atoms with Gasteiger partial charge in [-0.05, 0) is 66.9 Å². The molecule has 0 amide bonds. The molecule has 0 radical (unpaired) electrons. The highest BCUT2D eigenvalue weighted by atomic mass is 15.0. The van der Waals surface area contributed by atoms with Gasteiger partial charge in [-0.1, -0.05) is 61.0 Å². The Bertz CT molecular complexity index is 1660. The minimum Gasteiger partial charge on any atom is -0.309 e. The minimum atomic E-state index is 0.00908. The maximum Gasteiger partial charge on any atom is 0.0702 e. The summed E-state index contributed by atoms with van der Waals surface area (Å²) >= 11 is 0. The van der Waals surface area contributed by atoms with Crippen LogP contribution in [0.15, 0.2) is 116 Å². The molecule has 3 aromatic heterocycles. The van der Waals surface area contributed by atoms with Gasteiger partial charge in [0.05, 0.1) is 22.4 Å². The molecule has 1 aliphatic rings. The number of fused-ring (bicyclic) bond motifs is 3. The zero-order valence-electron chi connectivity index (χ0n) is 19.4. The average Bonchev–Trinajstić information content (AvgIpc) is 3.23. The van der Waals surface area contributed by atoms with Crippen LogP contribution in [-0.2, 0) is 5.41 Å². The highest BCUT2D eigenvalue weighted by molar-refractivity contribution is 6.10. The molecule has 1 aliphatic carbocycles. The number of benzene rings is 3. The monoisotopic (exact) mass is 451 g/mol. The van der Waals surface area contributed by atoms with Gasteiger partial charge in [0.1, 0.15) is 0 Å². The Labute approximate surface area is 204 Å². The van der Waals surface area contributed by atoms with Crippen molar-refractivity contribution >= 4 is 21.8 Å². The van der Waals surface area contributed by atoms with E-state index in [4.69, 9.17) is 4.98 Å². The van der Waals surface area contributed by atoms with Gasteiger partial charge in [0.15, 0.2) is 0 Å². The molecular weight excluding hydrogens is 426 g/mol. The summed E-state index contributed by atoms with van der Waals surface area (Å²) in [7, 11) is 0. The fraction of sp³-hybridized carbons (Fsp3) is 0.125. The van der Waals surface area contributed by atoms with Crippen molar-refractivity contribution in [1.82, 2.24) is 14.5 Å². The highest BCUT2D eigenvalue weighted by Gasteiger charge is 2.41. The molecule has 168 valence electrons. The van der Waals surface area contributed by atoms with Gasteiger partial charge >= 0.3 is 0 Å². The molecule has 0 bridgehead atoms. The van der Waals surface area contributed by atoms with Crippen molar-refractivity contribution in [3.05, 3.63) is 127 Å². The lowest BCUT2D eigenvalue weighted by molar-refractivity contribution is 0.293. The van der Waals surface area contributed by atoms with E-state index in [1.807, 2.05) is 30.6 Å². The second kappa shape index (κ2) is 7.92. The van der Waals surface area contributed by atoms with Gasteiger partial charge in [0.25, 0.3) is 0 Å². The first-order chi connectivity index (χ1) is 17.3. The molecule has 0 saturated heterocycles. The van der Waals surface area contributed by atoms with Crippen molar-refractivity contribution in [2.24, 2.45) is 0 Å². The van der Waals surface area contributed by atoms with E-state index in [0.717, 1.165) is 24.1 Å². The standard InChI is InChI=1S/C32H25N3/c1-2-13-29-26(11-1)27-16-15-23(28-12-3-5-19-33-28)21-30(27)35(29)25-10-7-9-24(22-25)32(17-8-18-32)31-14-4-6-20-34-31/h1-7,9-16,19-22H,8,17-18H2. The third kappa shape index (κ3) is 3.12. The Balaban J connectivity index is 1.46. The lowest BCUT2D eigenvalue weighted by Crippen LogP contribution is -2.36. The number of pyridine rings is 2. The van der Waals surface area contributed by atoms with Gasteiger partial charge in [0.2, 0.25) is 0 Å². The van der Waals surface area contributed by atoms with Crippen molar-refractivity contribution < 1.29 is 0 Å². The van der Waals surface area contributed by atoms with Gasteiger partial charge in [-0.25, -0.2) is 0 Å². The van der Waals surface area contributed by atoms with E-state index in [1.165, 1.54) is 45.2 Å². The molecular formula is C32H25N3. The smallest absolute Gasteiger partial charge is 0.0702 e. The molecule has 0 unspecified atom stereocenters. The number of aromatic nitrogens is 3. The molecule has 1 saturated carbocycles. The summed E-state index contributed by atoms with van der Waals surface area (Å²) in [6.07, 6.45) is 7.30. The Hall–Kier alpha value is -4.24. The summed E-state index contributed by atoms with van der Waals surface area (Å²) in [6, 6.07) is 36.9. The molecule has 6 aromatic rings. The number of nitrogens with zero attached hydrogens (tertiary/aromatic N) is 3. The van der Waals surface area contributed by atoms with Crippen LogP contribution >= 0.6 is 0 Å². The first kappa shape index (κ1) is 20.2. The van der Waals surface area contributed by atoms with E-state index in [0.29, 0.717) is 0 Å². The fourth-order valence-electron chi connectivity index (χ4n) is 5.75. The predicted molar refractivity (Wildman–Crippen MR) is 143 cm³/mol. The van der Waals surface area contributed by atoms with E-state index in [1.54, 1.807) is 0 Å². The Morgan fingerprint density at radius 1 is 0.629 bits per heavy atom. The molecule has 0 atom stereocenters. The van der Waals surface area contributed by atoms with Gasteiger partial charge in [-0.2, -0.15) is 0 Å². The molecule has 0 spiro atoms. The van der Waals surface area contributed by atoms with Crippen LogP contribution in [0.1, 0.15) is 30.5 Å². The first-order valence-electron chi connectivity index (χ1n) is 12.3. The normalized spacial score (nSPS) is 14.7. The molecule has 3 heteroatoms. The van der Waals surface area contributed by atoms with Crippen molar-refractivity contribution in [1.29, 1.82) is 0 Å². The van der Waals surface area contributed by atoms with E-state index >= 15 is 0 Å². The van der Waals surface area contributed by atoms with Crippen LogP contribution < -0.4 is 0 Å². The van der Waals surface area contributed by atoms with Crippen LogP contribution in [0, 0.1) is 0 Å². The van der Waals surface area contributed by atoms with Crippen molar-refractivity contribution in [3.8, 4) is 16.9 Å². The second-order valence-corrected chi connectivity index (χ2v) is 9.50. The van der Waals surface area contributed by atoms with Gasteiger partial charge in [-0.15, -0.1) is 0 Å². The van der Waals surface area contributed by atoms with Crippen LogP contribution in [0.25, 0.3) is 38.8 Å². The molecule has 3 heterocycles. The quantitative estimate of drug-likeness (QED) is 0.275. The van der Waals surface area contributed by atoms with Gasteiger partial charge in [-0.3, -0.25) is 9.97 Å². The van der Waals surface area contributed by atoms with Crippen molar-refractivity contribution in [2.75, 3.05) is 0 Å². The van der Waals surface area contributed by atoms with Gasteiger partial charge < -0.3 is 4.57 Å². The number of para-hydroxylation sites is 1. The molecule has 0 aliphatic heterocycles. The van der Waals surface area contributed by atoms with Crippen LogP contribution in [-0.4, -0.2) is 14.5 Å². The highest BCUT2D eigenvalue weighted by Crippen LogP contribution is 2.48. The summed E-state index contributed by atoms with van der Waals surface area (Å²) < 4.78 is 2.41. The lowest BCUT2D eigenvalue weighted by atomic mass is 9.62. The summed E-state index contributed by atoms with van der Waals surface area (Å²) in [5.74, 6) is 0. The largest absolute Gasteiger partial charge is 0.309 e. The number of hydrogen-bond donors (Lipinski definition) is 0. The van der Waals surface area contributed by atoms with Gasteiger partial charge in [0, 0.05) is 39.8 Å². The second-order valence-electron chi connectivity index (χ2n) is 9.50. The van der Waals surface area contributed by atoms with Crippen LogP contribution in [0.5, 0.6) is 0 Å². The zero-order valence-corrected chi connectivity index (χ0v) is 19.4. The lowest BCUT2D eigenvalue weighted by Gasteiger charge is -2.42. The third-order valence-corrected chi connectivity index (χ3v) is 7.65. The van der Waals surface area contributed by atoms with E-state index in [-0.39, 0.29) is 5.41 Å². The van der Waals surface area contributed by atoms with E-state index in [9.17, 15) is 0 Å². The SMILES string of the molecule is c1ccc(-c2ccc3c4ccccc4n(-c4cccc(C5(c6ccccn6)CCC5)c4)c3c2)nc1. The van der Waals surface area contributed by atoms with Crippen LogP contribution in [0.3, 0.4) is 0 Å².